The molecule has 0 radical (unpaired) electrons. The van der Waals surface area contributed by atoms with Crippen LogP contribution >= 0.6 is 11.6 Å². The molecule has 0 bridgehead atoms. The van der Waals surface area contributed by atoms with E-state index in [0.29, 0.717) is 17.4 Å². The predicted molar refractivity (Wildman–Crippen MR) is 77.7 cm³/mol. The number of ether oxygens (including phenoxy) is 1. The average Bonchev–Trinajstić information content (AvgIpc) is 2.40. The van der Waals surface area contributed by atoms with Gasteiger partial charge in [-0.3, -0.25) is 0 Å². The maximum Gasteiger partial charge on any atom is 0.125 e. The summed E-state index contributed by atoms with van der Waals surface area (Å²) in [5.74, 6) is 0.699. The summed E-state index contributed by atoms with van der Waals surface area (Å²) in [5, 5.41) is 11.5. The largest absolute Gasteiger partial charge is 0.493 e. The first kappa shape index (κ1) is 13.9. The Labute approximate surface area is 118 Å². The second kappa shape index (κ2) is 5.64. The summed E-state index contributed by atoms with van der Waals surface area (Å²) < 4.78 is 5.58. The Hall–Kier alpha value is -1.51. The van der Waals surface area contributed by atoms with Crippen LogP contribution in [-0.4, -0.2) is 11.7 Å². The van der Waals surface area contributed by atoms with Crippen LogP contribution in [0.1, 0.15) is 25.0 Å². The molecule has 0 aromatic heterocycles. The molecule has 0 aliphatic carbocycles. The molecule has 2 rings (SSSR count). The molecule has 0 aliphatic rings. The van der Waals surface area contributed by atoms with E-state index in [4.69, 9.17) is 16.3 Å². The highest BCUT2D eigenvalue weighted by atomic mass is 35.5. The monoisotopic (exact) mass is 276 g/mol. The molecule has 0 heterocycles. The van der Waals surface area contributed by atoms with Crippen LogP contribution in [0.3, 0.4) is 0 Å². The molecule has 19 heavy (non-hydrogen) atoms. The third-order valence-corrected chi connectivity index (χ3v) is 3.37. The molecule has 1 N–H and O–H groups in total. The van der Waals surface area contributed by atoms with Gasteiger partial charge in [-0.1, -0.05) is 41.9 Å². The van der Waals surface area contributed by atoms with Crippen molar-refractivity contribution in [2.75, 3.05) is 6.61 Å². The molecule has 2 nitrogen and oxygen atoms in total. The number of aliphatic hydroxyl groups is 1. The number of hydrogen-bond donors (Lipinski definition) is 1. The third-order valence-electron chi connectivity index (χ3n) is 3.12. The van der Waals surface area contributed by atoms with Crippen molar-refractivity contribution < 1.29 is 9.84 Å². The first-order chi connectivity index (χ1) is 9.05. The predicted octanol–water partition coefficient (Wildman–Crippen LogP) is 3.99. The van der Waals surface area contributed by atoms with Gasteiger partial charge in [-0.15, -0.1) is 0 Å². The van der Waals surface area contributed by atoms with E-state index in [9.17, 15) is 5.11 Å². The molecule has 0 saturated heterocycles. The topological polar surface area (TPSA) is 29.5 Å². The molecular weight excluding hydrogens is 260 g/mol. The summed E-state index contributed by atoms with van der Waals surface area (Å²) in [4.78, 5) is 0. The summed E-state index contributed by atoms with van der Waals surface area (Å²) in [6.07, 6.45) is 0. The first-order valence-corrected chi connectivity index (χ1v) is 6.64. The van der Waals surface area contributed by atoms with E-state index in [2.05, 4.69) is 0 Å². The Kier molecular flexibility index (Phi) is 4.13. The van der Waals surface area contributed by atoms with Gasteiger partial charge in [0.05, 0.1) is 6.61 Å². The van der Waals surface area contributed by atoms with Crippen molar-refractivity contribution in [3.8, 4) is 5.75 Å². The third kappa shape index (κ3) is 2.91. The van der Waals surface area contributed by atoms with Crippen LogP contribution in [0, 0.1) is 0 Å². The first-order valence-electron chi connectivity index (χ1n) is 6.26. The fraction of sp³-hybridized carbons (Fsp3) is 0.250. The Morgan fingerprint density at radius 1 is 1.11 bits per heavy atom. The van der Waals surface area contributed by atoms with Gasteiger partial charge in [-0.2, -0.15) is 0 Å². The van der Waals surface area contributed by atoms with E-state index in [1.807, 2.05) is 43.3 Å². The minimum atomic E-state index is -1.11. The van der Waals surface area contributed by atoms with Crippen molar-refractivity contribution in [1.82, 2.24) is 0 Å². The Balaban J connectivity index is 2.46. The van der Waals surface area contributed by atoms with E-state index < -0.39 is 5.60 Å². The summed E-state index contributed by atoms with van der Waals surface area (Å²) >= 11 is 5.88. The maximum absolute atomic E-state index is 10.8. The molecule has 0 aliphatic heterocycles. The van der Waals surface area contributed by atoms with Gasteiger partial charge in [-0.25, -0.2) is 0 Å². The van der Waals surface area contributed by atoms with E-state index in [1.165, 1.54) is 0 Å². The minimum Gasteiger partial charge on any atom is -0.493 e. The summed E-state index contributed by atoms with van der Waals surface area (Å²) in [6.45, 7) is 4.25. The second-order valence-corrected chi connectivity index (χ2v) is 4.94. The van der Waals surface area contributed by atoms with E-state index in [0.717, 1.165) is 11.1 Å². The fourth-order valence-corrected chi connectivity index (χ4v) is 2.21. The highest BCUT2D eigenvalue weighted by molar-refractivity contribution is 6.30. The standard InChI is InChI=1S/C16H17ClO2/c1-3-19-15-7-5-4-6-14(15)16(2,18)12-8-10-13(17)11-9-12/h4-11,18H,3H2,1-2H3. The number of rotatable bonds is 4. The highest BCUT2D eigenvalue weighted by Gasteiger charge is 2.28. The molecule has 1 unspecified atom stereocenters. The van der Waals surface area contributed by atoms with Gasteiger partial charge in [0.25, 0.3) is 0 Å². The second-order valence-electron chi connectivity index (χ2n) is 4.51. The minimum absolute atomic E-state index is 0.563. The zero-order chi connectivity index (χ0) is 13.9. The molecule has 0 amide bonds. The molecule has 0 spiro atoms. The van der Waals surface area contributed by atoms with Gasteiger partial charge in [0, 0.05) is 10.6 Å². The molecular formula is C16H17ClO2. The lowest BCUT2D eigenvalue weighted by Crippen LogP contribution is -2.23. The highest BCUT2D eigenvalue weighted by Crippen LogP contribution is 2.35. The van der Waals surface area contributed by atoms with Crippen molar-refractivity contribution in [1.29, 1.82) is 0 Å². The smallest absolute Gasteiger partial charge is 0.125 e. The lowest BCUT2D eigenvalue weighted by molar-refractivity contribution is 0.0981. The fourth-order valence-electron chi connectivity index (χ4n) is 2.08. The quantitative estimate of drug-likeness (QED) is 0.915. The summed E-state index contributed by atoms with van der Waals surface area (Å²) in [7, 11) is 0. The molecule has 0 saturated carbocycles. The number of hydrogen-bond acceptors (Lipinski definition) is 2. The van der Waals surface area contributed by atoms with Crippen LogP contribution in [0.2, 0.25) is 5.02 Å². The normalized spacial score (nSPS) is 13.9. The Morgan fingerprint density at radius 2 is 1.74 bits per heavy atom. The van der Waals surface area contributed by atoms with E-state index >= 15 is 0 Å². The van der Waals surface area contributed by atoms with Crippen molar-refractivity contribution in [3.05, 3.63) is 64.7 Å². The zero-order valence-electron chi connectivity index (χ0n) is 11.1. The van der Waals surface area contributed by atoms with Gasteiger partial charge in [0.15, 0.2) is 0 Å². The van der Waals surface area contributed by atoms with Gasteiger partial charge in [0.2, 0.25) is 0 Å². The van der Waals surface area contributed by atoms with Crippen molar-refractivity contribution in [2.24, 2.45) is 0 Å². The number of para-hydroxylation sites is 1. The number of benzene rings is 2. The average molecular weight is 277 g/mol. The Morgan fingerprint density at radius 3 is 2.37 bits per heavy atom. The van der Waals surface area contributed by atoms with Crippen molar-refractivity contribution in [2.45, 2.75) is 19.4 Å². The van der Waals surface area contributed by atoms with Crippen LogP contribution in [0.15, 0.2) is 48.5 Å². The SMILES string of the molecule is CCOc1ccccc1C(C)(O)c1ccc(Cl)cc1. The Bertz CT molecular complexity index is 547. The lowest BCUT2D eigenvalue weighted by Gasteiger charge is -2.26. The van der Waals surface area contributed by atoms with Crippen molar-refractivity contribution >= 4 is 11.6 Å². The van der Waals surface area contributed by atoms with Crippen LogP contribution in [0.25, 0.3) is 0 Å². The zero-order valence-corrected chi connectivity index (χ0v) is 11.8. The van der Waals surface area contributed by atoms with Gasteiger partial charge in [-0.05, 0) is 37.6 Å². The van der Waals surface area contributed by atoms with Crippen LogP contribution in [0.4, 0.5) is 0 Å². The molecule has 3 heteroatoms. The number of halogens is 1. The van der Waals surface area contributed by atoms with Crippen LogP contribution in [-0.2, 0) is 5.60 Å². The molecule has 0 fully saturated rings. The van der Waals surface area contributed by atoms with E-state index in [-0.39, 0.29) is 0 Å². The van der Waals surface area contributed by atoms with Gasteiger partial charge < -0.3 is 9.84 Å². The van der Waals surface area contributed by atoms with E-state index in [1.54, 1.807) is 19.1 Å². The summed E-state index contributed by atoms with van der Waals surface area (Å²) in [6, 6.07) is 14.7. The van der Waals surface area contributed by atoms with Gasteiger partial charge >= 0.3 is 0 Å². The summed E-state index contributed by atoms with van der Waals surface area (Å²) in [5.41, 5.74) is 0.416. The van der Waals surface area contributed by atoms with Crippen LogP contribution in [0.5, 0.6) is 5.75 Å². The van der Waals surface area contributed by atoms with Crippen molar-refractivity contribution in [3.63, 3.8) is 0 Å². The molecule has 1 atom stereocenters. The van der Waals surface area contributed by atoms with Crippen LogP contribution < -0.4 is 4.74 Å². The molecule has 100 valence electrons. The molecule has 2 aromatic carbocycles. The molecule has 2 aromatic rings. The van der Waals surface area contributed by atoms with Gasteiger partial charge in [0.1, 0.15) is 11.4 Å². The lowest BCUT2D eigenvalue weighted by atomic mass is 9.87. The maximum atomic E-state index is 10.8.